The second-order valence-electron chi connectivity index (χ2n) is 7.41. The van der Waals surface area contributed by atoms with Crippen molar-refractivity contribution in [1.82, 2.24) is 0 Å². The van der Waals surface area contributed by atoms with E-state index in [1.165, 1.54) is 49.7 Å². The van der Waals surface area contributed by atoms with Gasteiger partial charge in [-0.2, -0.15) is 0 Å². The van der Waals surface area contributed by atoms with Gasteiger partial charge in [0.05, 0.1) is 0 Å². The van der Waals surface area contributed by atoms with Crippen molar-refractivity contribution in [3.05, 3.63) is 24.3 Å². The lowest BCUT2D eigenvalue weighted by molar-refractivity contribution is 0.226. The van der Waals surface area contributed by atoms with E-state index in [1.54, 1.807) is 0 Å². The van der Waals surface area contributed by atoms with E-state index in [9.17, 15) is 0 Å². The summed E-state index contributed by atoms with van der Waals surface area (Å²) >= 11 is 0. The molecule has 0 amide bonds. The normalized spacial score (nSPS) is 17.1. The molecule has 0 radical (unpaired) electrons. The minimum Gasteiger partial charge on any atom is -0.0998 e. The van der Waals surface area contributed by atoms with Gasteiger partial charge in [-0.05, 0) is 49.4 Å². The Hall–Kier alpha value is -0.520. The van der Waals surface area contributed by atoms with Crippen molar-refractivity contribution in [1.29, 1.82) is 0 Å². The van der Waals surface area contributed by atoms with E-state index >= 15 is 0 Å². The number of allylic oxidation sites excluding steroid dienone is 2. The molecule has 0 bridgehead atoms. The summed E-state index contributed by atoms with van der Waals surface area (Å²) in [5.41, 5.74) is 2.81. The molecule has 0 heterocycles. The van der Waals surface area contributed by atoms with Crippen molar-refractivity contribution in [2.24, 2.45) is 29.6 Å². The zero-order valence-electron chi connectivity index (χ0n) is 16.5. The summed E-state index contributed by atoms with van der Waals surface area (Å²) in [6.07, 6.45) is 7.69. The Labute approximate surface area is 141 Å². The zero-order chi connectivity index (χ0) is 17.3. The first-order valence-electron chi connectivity index (χ1n) is 9.69. The molecule has 0 aliphatic heterocycles. The van der Waals surface area contributed by atoms with Crippen molar-refractivity contribution in [2.75, 3.05) is 0 Å². The van der Waals surface area contributed by atoms with Crippen LogP contribution in [0.3, 0.4) is 0 Å². The molecule has 0 N–H and O–H groups in total. The van der Waals surface area contributed by atoms with Crippen molar-refractivity contribution in [3.8, 4) is 0 Å². The van der Waals surface area contributed by atoms with Crippen LogP contribution in [0.4, 0.5) is 0 Å². The highest BCUT2D eigenvalue weighted by Crippen LogP contribution is 2.40. The van der Waals surface area contributed by atoms with Crippen LogP contribution in [0.2, 0.25) is 0 Å². The van der Waals surface area contributed by atoms with Crippen LogP contribution in [-0.4, -0.2) is 0 Å². The highest BCUT2D eigenvalue weighted by molar-refractivity contribution is 5.13. The number of rotatable bonds is 12. The second kappa shape index (κ2) is 11.1. The van der Waals surface area contributed by atoms with Gasteiger partial charge in [0.2, 0.25) is 0 Å². The smallest absolute Gasteiger partial charge is 0.0143 e. The monoisotopic (exact) mass is 306 g/mol. The third kappa shape index (κ3) is 5.94. The molecule has 0 aromatic carbocycles. The van der Waals surface area contributed by atoms with Gasteiger partial charge in [0.1, 0.15) is 0 Å². The minimum absolute atomic E-state index is 0.551. The van der Waals surface area contributed by atoms with Gasteiger partial charge in [0.15, 0.2) is 0 Å². The van der Waals surface area contributed by atoms with Gasteiger partial charge in [-0.1, -0.05) is 91.5 Å². The predicted molar refractivity (Wildman–Crippen MR) is 103 cm³/mol. The molecule has 0 saturated heterocycles. The SMILES string of the molecule is C=C(C)C(C)C(CC)C(=C)C(CCCC)C(C)C(CC)CC. The molecule has 22 heavy (non-hydrogen) atoms. The Balaban J connectivity index is 5.29. The Morgan fingerprint density at radius 2 is 1.41 bits per heavy atom. The maximum absolute atomic E-state index is 4.61. The van der Waals surface area contributed by atoms with Gasteiger partial charge in [-0.3, -0.25) is 0 Å². The summed E-state index contributed by atoms with van der Waals surface area (Å²) in [5.74, 6) is 3.40. The largest absolute Gasteiger partial charge is 0.0998 e. The average Bonchev–Trinajstić information content (AvgIpc) is 2.49. The fourth-order valence-corrected chi connectivity index (χ4v) is 4.13. The van der Waals surface area contributed by atoms with Crippen molar-refractivity contribution < 1.29 is 0 Å². The maximum atomic E-state index is 4.61. The molecule has 130 valence electrons. The number of hydrogen-bond acceptors (Lipinski definition) is 0. The van der Waals surface area contributed by atoms with Gasteiger partial charge in [-0.15, -0.1) is 0 Å². The Morgan fingerprint density at radius 3 is 1.77 bits per heavy atom. The first kappa shape index (κ1) is 21.5. The summed E-state index contributed by atoms with van der Waals surface area (Å²) in [7, 11) is 0. The van der Waals surface area contributed by atoms with E-state index in [4.69, 9.17) is 0 Å². The first-order chi connectivity index (χ1) is 10.3. The average molecular weight is 307 g/mol. The van der Waals surface area contributed by atoms with Crippen LogP contribution in [-0.2, 0) is 0 Å². The van der Waals surface area contributed by atoms with Crippen LogP contribution >= 0.6 is 0 Å². The summed E-state index contributed by atoms with van der Waals surface area (Å²) in [5, 5.41) is 0. The molecule has 0 aromatic rings. The van der Waals surface area contributed by atoms with Gasteiger partial charge in [-0.25, -0.2) is 0 Å². The van der Waals surface area contributed by atoms with Crippen LogP contribution in [0.25, 0.3) is 0 Å². The Bertz CT molecular complexity index is 321. The summed E-state index contributed by atoms with van der Waals surface area (Å²) < 4.78 is 0. The summed E-state index contributed by atoms with van der Waals surface area (Å²) in [4.78, 5) is 0. The van der Waals surface area contributed by atoms with Crippen LogP contribution < -0.4 is 0 Å². The predicted octanol–water partition coefficient (Wildman–Crippen LogP) is 7.66. The fraction of sp³-hybridized carbons (Fsp3) is 0.818. The van der Waals surface area contributed by atoms with E-state index < -0.39 is 0 Å². The third-order valence-corrected chi connectivity index (χ3v) is 6.07. The maximum Gasteiger partial charge on any atom is -0.0143 e. The molecular formula is C22H42. The molecule has 0 aromatic heterocycles. The Kier molecular flexibility index (Phi) is 10.8. The highest BCUT2D eigenvalue weighted by atomic mass is 14.4. The molecule has 0 aliphatic rings. The first-order valence-corrected chi connectivity index (χ1v) is 9.69. The fourth-order valence-electron chi connectivity index (χ4n) is 4.13. The quantitative estimate of drug-likeness (QED) is 0.325. The van der Waals surface area contributed by atoms with Gasteiger partial charge < -0.3 is 0 Å². The lowest BCUT2D eigenvalue weighted by atomic mass is 9.68. The topological polar surface area (TPSA) is 0 Å². The molecule has 0 fully saturated rings. The van der Waals surface area contributed by atoms with E-state index in [-0.39, 0.29) is 0 Å². The van der Waals surface area contributed by atoms with Gasteiger partial charge in [0, 0.05) is 0 Å². The lowest BCUT2D eigenvalue weighted by Gasteiger charge is -2.37. The summed E-state index contributed by atoms with van der Waals surface area (Å²) in [6, 6.07) is 0. The molecule has 0 spiro atoms. The molecule has 0 nitrogen and oxygen atoms in total. The highest BCUT2D eigenvalue weighted by Gasteiger charge is 2.30. The number of hydrogen-bond donors (Lipinski definition) is 0. The lowest BCUT2D eigenvalue weighted by Crippen LogP contribution is -2.27. The van der Waals surface area contributed by atoms with E-state index in [0.717, 1.165) is 11.8 Å². The van der Waals surface area contributed by atoms with Crippen LogP contribution in [0, 0.1) is 29.6 Å². The summed E-state index contributed by atoms with van der Waals surface area (Å²) in [6.45, 7) is 25.1. The van der Waals surface area contributed by atoms with Crippen molar-refractivity contribution in [2.45, 2.75) is 87.0 Å². The molecule has 4 atom stereocenters. The van der Waals surface area contributed by atoms with E-state index in [0.29, 0.717) is 17.8 Å². The zero-order valence-corrected chi connectivity index (χ0v) is 16.5. The molecule has 0 saturated carbocycles. The standard InChI is InChI=1S/C22H42/c1-10-14-15-22(18(8)20(11-2)12-3)19(9)21(13-4)17(7)16(5)6/h17-18,20-22H,5,9-15H2,1-4,6-8H3. The van der Waals surface area contributed by atoms with Gasteiger partial charge >= 0.3 is 0 Å². The third-order valence-electron chi connectivity index (χ3n) is 6.07. The van der Waals surface area contributed by atoms with E-state index in [1.807, 2.05) is 0 Å². The van der Waals surface area contributed by atoms with E-state index in [2.05, 4.69) is 61.6 Å². The molecule has 0 rings (SSSR count). The molecular weight excluding hydrogens is 264 g/mol. The van der Waals surface area contributed by atoms with Crippen LogP contribution in [0.15, 0.2) is 24.3 Å². The van der Waals surface area contributed by atoms with Gasteiger partial charge in [0.25, 0.3) is 0 Å². The van der Waals surface area contributed by atoms with Crippen LogP contribution in [0.5, 0.6) is 0 Å². The van der Waals surface area contributed by atoms with Crippen LogP contribution in [0.1, 0.15) is 87.0 Å². The second-order valence-corrected chi connectivity index (χ2v) is 7.41. The molecule has 4 unspecified atom stereocenters. The molecule has 0 aliphatic carbocycles. The number of unbranched alkanes of at least 4 members (excludes halogenated alkanes) is 1. The minimum atomic E-state index is 0.551. The Morgan fingerprint density at radius 1 is 0.864 bits per heavy atom. The van der Waals surface area contributed by atoms with Crippen molar-refractivity contribution >= 4 is 0 Å². The molecule has 0 heteroatoms. The van der Waals surface area contributed by atoms with Crippen molar-refractivity contribution in [3.63, 3.8) is 0 Å².